The van der Waals surface area contributed by atoms with Crippen LogP contribution in [0.5, 0.6) is 0 Å². The third-order valence-electron chi connectivity index (χ3n) is 4.25. The molecule has 0 bridgehead atoms. The van der Waals surface area contributed by atoms with E-state index in [2.05, 4.69) is 35.7 Å². The lowest BCUT2D eigenvalue weighted by atomic mass is 9.94. The number of hydrogen-bond acceptors (Lipinski definition) is 4. The first-order valence-corrected chi connectivity index (χ1v) is 8.52. The van der Waals surface area contributed by atoms with Gasteiger partial charge in [0.2, 0.25) is 0 Å². The summed E-state index contributed by atoms with van der Waals surface area (Å²) >= 11 is 0. The predicted molar refractivity (Wildman–Crippen MR) is 89.8 cm³/mol. The molecule has 0 aliphatic carbocycles. The predicted octanol–water partition coefficient (Wildman–Crippen LogP) is 1.69. The van der Waals surface area contributed by atoms with Gasteiger partial charge in [-0.2, -0.15) is 5.10 Å². The molecule has 2 heterocycles. The zero-order valence-electron chi connectivity index (χ0n) is 14.4. The van der Waals surface area contributed by atoms with Crippen LogP contribution in [0.1, 0.15) is 33.6 Å². The fourth-order valence-electron chi connectivity index (χ4n) is 3.29. The zero-order valence-corrected chi connectivity index (χ0v) is 14.4. The Balaban J connectivity index is 1.78. The second kappa shape index (κ2) is 8.09. The molecule has 1 aromatic rings. The summed E-state index contributed by atoms with van der Waals surface area (Å²) in [6, 6.07) is 2.46. The fourth-order valence-corrected chi connectivity index (χ4v) is 3.29. The van der Waals surface area contributed by atoms with Gasteiger partial charge in [0.25, 0.3) is 0 Å². The van der Waals surface area contributed by atoms with Crippen LogP contribution in [0.4, 0.5) is 0 Å². The van der Waals surface area contributed by atoms with E-state index in [9.17, 15) is 5.11 Å². The van der Waals surface area contributed by atoms with Crippen molar-refractivity contribution < 1.29 is 5.11 Å². The van der Waals surface area contributed by atoms with Gasteiger partial charge < -0.3 is 10.0 Å². The van der Waals surface area contributed by atoms with Gasteiger partial charge in [-0.05, 0) is 24.3 Å². The molecular formula is C17H32N4O. The maximum absolute atomic E-state index is 9.37. The van der Waals surface area contributed by atoms with Gasteiger partial charge in [0.05, 0.1) is 0 Å². The Hall–Kier alpha value is -0.910. The molecule has 5 nitrogen and oxygen atoms in total. The number of rotatable bonds is 7. The average molecular weight is 308 g/mol. The molecule has 0 radical (unpaired) electrons. The minimum Gasteiger partial charge on any atom is -0.396 e. The Morgan fingerprint density at radius 3 is 2.68 bits per heavy atom. The topological polar surface area (TPSA) is 44.5 Å². The monoisotopic (exact) mass is 308 g/mol. The third kappa shape index (κ3) is 5.71. The number of nitrogens with zero attached hydrogens (tertiary/aromatic N) is 4. The Morgan fingerprint density at radius 1 is 1.23 bits per heavy atom. The summed E-state index contributed by atoms with van der Waals surface area (Å²) < 4.78 is 2.00. The van der Waals surface area contributed by atoms with Crippen molar-refractivity contribution in [3.63, 3.8) is 0 Å². The SMILES string of the molecule is CC(C)(C)CN1CCN(CCCn2cccn2)C[C@H]1CCO. The quantitative estimate of drug-likeness (QED) is 0.832. The molecule has 1 aliphatic heterocycles. The van der Waals surface area contributed by atoms with E-state index >= 15 is 0 Å². The number of aryl methyl sites for hydroxylation is 1. The average Bonchev–Trinajstić information content (AvgIpc) is 2.94. The van der Waals surface area contributed by atoms with Crippen molar-refractivity contribution in [3.8, 4) is 0 Å². The van der Waals surface area contributed by atoms with Gasteiger partial charge in [0, 0.05) is 64.3 Å². The van der Waals surface area contributed by atoms with Crippen LogP contribution in [0, 0.1) is 5.41 Å². The van der Waals surface area contributed by atoms with Crippen molar-refractivity contribution in [3.05, 3.63) is 18.5 Å². The highest BCUT2D eigenvalue weighted by molar-refractivity contribution is 4.85. The van der Waals surface area contributed by atoms with Crippen molar-refractivity contribution >= 4 is 0 Å². The molecule has 126 valence electrons. The Bertz CT molecular complexity index is 413. The highest BCUT2D eigenvalue weighted by Crippen LogP contribution is 2.21. The Labute approximate surface area is 134 Å². The number of hydrogen-bond donors (Lipinski definition) is 1. The van der Waals surface area contributed by atoms with E-state index in [1.54, 1.807) is 0 Å². The number of aliphatic hydroxyl groups excluding tert-OH is 1. The van der Waals surface area contributed by atoms with Crippen LogP contribution in [0.3, 0.4) is 0 Å². The third-order valence-corrected chi connectivity index (χ3v) is 4.25. The number of aliphatic hydroxyl groups is 1. The normalized spacial score (nSPS) is 21.4. The molecule has 1 fully saturated rings. The molecule has 22 heavy (non-hydrogen) atoms. The van der Waals surface area contributed by atoms with Gasteiger partial charge in [-0.15, -0.1) is 0 Å². The lowest BCUT2D eigenvalue weighted by Crippen LogP contribution is -2.55. The standard InChI is InChI=1S/C17H32N4O/c1-17(2,3)15-20-12-11-19(14-16(20)6-13-22)8-5-10-21-9-4-7-18-21/h4,7,9,16,22H,5-6,8,10-15H2,1-3H3/t16-/m1/s1. The molecule has 1 N–H and O–H groups in total. The van der Waals surface area contributed by atoms with Gasteiger partial charge in [0.1, 0.15) is 0 Å². The summed E-state index contributed by atoms with van der Waals surface area (Å²) in [6.07, 6.45) is 5.87. The molecule has 0 amide bonds. The van der Waals surface area contributed by atoms with Gasteiger partial charge in [-0.25, -0.2) is 0 Å². The van der Waals surface area contributed by atoms with Crippen LogP contribution in [-0.4, -0.2) is 70.1 Å². The van der Waals surface area contributed by atoms with Crippen molar-refractivity contribution in [1.82, 2.24) is 19.6 Å². The van der Waals surface area contributed by atoms with E-state index in [-0.39, 0.29) is 6.61 Å². The van der Waals surface area contributed by atoms with E-state index < -0.39 is 0 Å². The van der Waals surface area contributed by atoms with Crippen molar-refractivity contribution in [2.24, 2.45) is 5.41 Å². The molecule has 0 aromatic carbocycles. The van der Waals surface area contributed by atoms with E-state index in [1.807, 2.05) is 23.1 Å². The summed E-state index contributed by atoms with van der Waals surface area (Å²) in [4.78, 5) is 5.11. The largest absolute Gasteiger partial charge is 0.396 e. The van der Waals surface area contributed by atoms with Crippen LogP contribution < -0.4 is 0 Å². The van der Waals surface area contributed by atoms with Gasteiger partial charge >= 0.3 is 0 Å². The lowest BCUT2D eigenvalue weighted by molar-refractivity contribution is 0.0363. The number of aromatic nitrogens is 2. The van der Waals surface area contributed by atoms with Crippen LogP contribution in [0.25, 0.3) is 0 Å². The van der Waals surface area contributed by atoms with Crippen molar-refractivity contribution in [2.45, 2.75) is 46.2 Å². The minimum absolute atomic E-state index is 0.284. The van der Waals surface area contributed by atoms with Crippen molar-refractivity contribution in [2.75, 3.05) is 39.3 Å². The summed E-state index contributed by atoms with van der Waals surface area (Å²) in [5, 5.41) is 13.6. The van der Waals surface area contributed by atoms with E-state index in [1.165, 1.54) is 0 Å². The first kappa shape index (κ1) is 17.4. The van der Waals surface area contributed by atoms with E-state index in [0.717, 1.165) is 52.1 Å². The van der Waals surface area contributed by atoms with E-state index in [4.69, 9.17) is 0 Å². The molecular weight excluding hydrogens is 276 g/mol. The first-order valence-electron chi connectivity index (χ1n) is 8.52. The molecule has 1 saturated heterocycles. The fraction of sp³-hybridized carbons (Fsp3) is 0.824. The maximum atomic E-state index is 9.37. The second-order valence-electron chi connectivity index (χ2n) is 7.62. The molecule has 0 spiro atoms. The highest BCUT2D eigenvalue weighted by atomic mass is 16.3. The first-order chi connectivity index (χ1) is 10.5. The minimum atomic E-state index is 0.284. The smallest absolute Gasteiger partial charge is 0.0489 e. The van der Waals surface area contributed by atoms with Gasteiger partial charge in [-0.1, -0.05) is 20.8 Å². The molecule has 5 heteroatoms. The van der Waals surface area contributed by atoms with Gasteiger partial charge in [-0.3, -0.25) is 9.58 Å². The summed E-state index contributed by atoms with van der Waals surface area (Å²) in [6.45, 7) is 13.7. The summed E-state index contributed by atoms with van der Waals surface area (Å²) in [7, 11) is 0. The maximum Gasteiger partial charge on any atom is 0.0489 e. The molecule has 1 aliphatic rings. The van der Waals surface area contributed by atoms with E-state index in [0.29, 0.717) is 11.5 Å². The lowest BCUT2D eigenvalue weighted by Gasteiger charge is -2.44. The Kier molecular flexibility index (Phi) is 6.41. The summed E-state index contributed by atoms with van der Waals surface area (Å²) in [5.74, 6) is 0. The number of piperazine rings is 1. The second-order valence-corrected chi connectivity index (χ2v) is 7.62. The van der Waals surface area contributed by atoms with Crippen LogP contribution in [-0.2, 0) is 6.54 Å². The Morgan fingerprint density at radius 2 is 2.05 bits per heavy atom. The van der Waals surface area contributed by atoms with Crippen molar-refractivity contribution in [1.29, 1.82) is 0 Å². The molecule has 1 atom stereocenters. The molecule has 2 rings (SSSR count). The van der Waals surface area contributed by atoms with Crippen LogP contribution in [0.15, 0.2) is 18.5 Å². The van der Waals surface area contributed by atoms with Gasteiger partial charge in [0.15, 0.2) is 0 Å². The van der Waals surface area contributed by atoms with Crippen LogP contribution in [0.2, 0.25) is 0 Å². The summed E-state index contributed by atoms with van der Waals surface area (Å²) in [5.41, 5.74) is 0.315. The molecule has 0 saturated carbocycles. The van der Waals surface area contributed by atoms with Crippen LogP contribution >= 0.6 is 0 Å². The molecule has 0 unspecified atom stereocenters. The zero-order chi connectivity index (χ0) is 16.0. The highest BCUT2D eigenvalue weighted by Gasteiger charge is 2.29. The molecule has 1 aromatic heterocycles.